The van der Waals surface area contributed by atoms with Gasteiger partial charge in [-0.15, -0.1) is 0 Å². The largest absolute Gasteiger partial charge is 0.327 e. The summed E-state index contributed by atoms with van der Waals surface area (Å²) in [6, 6.07) is 0.537. The van der Waals surface area contributed by atoms with Gasteiger partial charge in [0, 0.05) is 6.04 Å². The Bertz CT molecular complexity index is 322. The third-order valence-corrected chi connectivity index (χ3v) is 7.73. The molecule has 0 heterocycles. The van der Waals surface area contributed by atoms with E-state index in [1.807, 2.05) is 0 Å². The maximum Gasteiger partial charge on any atom is 0.0104 e. The molecule has 5 aliphatic rings. The highest BCUT2D eigenvalue weighted by Crippen LogP contribution is 2.58. The predicted molar refractivity (Wildman–Crippen MR) is 84.2 cm³/mol. The lowest BCUT2D eigenvalue weighted by Crippen LogP contribution is -2.55. The maximum atomic E-state index is 6.94. The normalized spacial score (nSPS) is 52.2. The fourth-order valence-electron chi connectivity index (χ4n) is 7.13. The zero-order valence-electron chi connectivity index (χ0n) is 13.3. The summed E-state index contributed by atoms with van der Waals surface area (Å²) in [6.45, 7) is 2.40. The van der Waals surface area contributed by atoms with E-state index in [0.29, 0.717) is 6.04 Å². The molecule has 0 amide bonds. The third kappa shape index (κ3) is 2.16. The molecular formula is C19H33N. The van der Waals surface area contributed by atoms with Crippen molar-refractivity contribution in [2.45, 2.75) is 77.2 Å². The molecular weight excluding hydrogens is 242 g/mol. The summed E-state index contributed by atoms with van der Waals surface area (Å²) in [6.07, 6.45) is 14.9. The van der Waals surface area contributed by atoms with Gasteiger partial charge in [0.25, 0.3) is 0 Å². The molecule has 0 aromatic heterocycles. The SMILES string of the molecule is CCC1CCCCC1C(N)C1C2CC3CC(C2)CC1C3. The van der Waals surface area contributed by atoms with Crippen molar-refractivity contribution >= 4 is 0 Å². The van der Waals surface area contributed by atoms with Gasteiger partial charge in [-0.25, -0.2) is 0 Å². The lowest BCUT2D eigenvalue weighted by atomic mass is 9.49. The summed E-state index contributed by atoms with van der Waals surface area (Å²) in [5.74, 6) is 6.91. The maximum absolute atomic E-state index is 6.94. The Kier molecular flexibility index (Phi) is 3.61. The van der Waals surface area contributed by atoms with Crippen LogP contribution >= 0.6 is 0 Å². The van der Waals surface area contributed by atoms with Gasteiger partial charge in [0.15, 0.2) is 0 Å². The zero-order chi connectivity index (χ0) is 13.7. The molecule has 20 heavy (non-hydrogen) atoms. The van der Waals surface area contributed by atoms with Crippen LogP contribution in [0.2, 0.25) is 0 Å². The van der Waals surface area contributed by atoms with Crippen LogP contribution in [0.1, 0.15) is 71.1 Å². The van der Waals surface area contributed by atoms with Crippen LogP contribution in [-0.2, 0) is 0 Å². The molecule has 3 atom stereocenters. The van der Waals surface area contributed by atoms with E-state index in [1.165, 1.54) is 57.8 Å². The highest BCUT2D eigenvalue weighted by Gasteiger charge is 2.51. The monoisotopic (exact) mass is 275 g/mol. The zero-order valence-corrected chi connectivity index (χ0v) is 13.3. The molecule has 1 nitrogen and oxygen atoms in total. The van der Waals surface area contributed by atoms with Gasteiger partial charge in [0.2, 0.25) is 0 Å². The summed E-state index contributed by atoms with van der Waals surface area (Å²) in [5, 5.41) is 0. The second-order valence-corrected chi connectivity index (χ2v) is 8.70. The molecule has 0 spiro atoms. The van der Waals surface area contributed by atoms with Crippen LogP contribution in [0.4, 0.5) is 0 Å². The van der Waals surface area contributed by atoms with Crippen LogP contribution in [0.15, 0.2) is 0 Å². The molecule has 0 aromatic rings. The first-order valence-electron chi connectivity index (χ1n) is 9.51. The van der Waals surface area contributed by atoms with Crippen molar-refractivity contribution in [1.82, 2.24) is 0 Å². The minimum atomic E-state index is 0.537. The van der Waals surface area contributed by atoms with Crippen molar-refractivity contribution in [3.8, 4) is 0 Å². The molecule has 0 aromatic carbocycles. The molecule has 114 valence electrons. The van der Waals surface area contributed by atoms with Crippen molar-refractivity contribution in [2.75, 3.05) is 0 Å². The van der Waals surface area contributed by atoms with Crippen LogP contribution in [0.5, 0.6) is 0 Å². The number of rotatable bonds is 3. The van der Waals surface area contributed by atoms with Gasteiger partial charge in [0.05, 0.1) is 0 Å². The number of nitrogens with two attached hydrogens (primary N) is 1. The minimum absolute atomic E-state index is 0.537. The standard InChI is InChI=1S/C19H33N/c1-2-14-5-3-4-6-17(14)19(20)18-15-8-12-7-13(10-15)11-16(18)9-12/h12-19H,2-11,20H2,1H3. The highest BCUT2D eigenvalue weighted by molar-refractivity contribution is 5.03. The van der Waals surface area contributed by atoms with Crippen molar-refractivity contribution in [1.29, 1.82) is 0 Å². The lowest BCUT2D eigenvalue weighted by Gasteiger charge is -2.57. The van der Waals surface area contributed by atoms with Crippen LogP contribution in [0.3, 0.4) is 0 Å². The van der Waals surface area contributed by atoms with Crippen LogP contribution in [0, 0.1) is 41.4 Å². The minimum Gasteiger partial charge on any atom is -0.327 e. The fourth-order valence-corrected chi connectivity index (χ4v) is 7.13. The quantitative estimate of drug-likeness (QED) is 0.800. The summed E-state index contributed by atoms with van der Waals surface area (Å²) in [4.78, 5) is 0. The first kappa shape index (κ1) is 13.6. The Labute approximate surface area is 125 Å². The summed E-state index contributed by atoms with van der Waals surface area (Å²) < 4.78 is 0. The Balaban J connectivity index is 1.51. The van der Waals surface area contributed by atoms with Crippen molar-refractivity contribution in [2.24, 2.45) is 47.2 Å². The molecule has 5 saturated carbocycles. The van der Waals surface area contributed by atoms with E-state index < -0.39 is 0 Å². The van der Waals surface area contributed by atoms with Gasteiger partial charge < -0.3 is 5.73 Å². The molecule has 5 fully saturated rings. The second kappa shape index (κ2) is 5.30. The Morgan fingerprint density at radius 1 is 0.900 bits per heavy atom. The van der Waals surface area contributed by atoms with Gasteiger partial charge in [-0.1, -0.05) is 32.6 Å². The second-order valence-electron chi connectivity index (χ2n) is 8.70. The topological polar surface area (TPSA) is 26.0 Å². The van der Waals surface area contributed by atoms with Crippen LogP contribution < -0.4 is 5.73 Å². The Morgan fingerprint density at radius 3 is 2.10 bits per heavy atom. The van der Waals surface area contributed by atoms with E-state index in [0.717, 1.165) is 41.4 Å². The average Bonchev–Trinajstić information content (AvgIpc) is 2.46. The van der Waals surface area contributed by atoms with E-state index in [9.17, 15) is 0 Å². The Morgan fingerprint density at radius 2 is 1.50 bits per heavy atom. The molecule has 1 heteroatoms. The Hall–Kier alpha value is -0.0400. The van der Waals surface area contributed by atoms with Gasteiger partial charge in [-0.05, 0) is 80.0 Å². The predicted octanol–water partition coefficient (Wildman–Crippen LogP) is 4.60. The van der Waals surface area contributed by atoms with E-state index in [-0.39, 0.29) is 0 Å². The van der Waals surface area contributed by atoms with Gasteiger partial charge in [0.1, 0.15) is 0 Å². The lowest BCUT2D eigenvalue weighted by molar-refractivity contribution is -0.0611. The van der Waals surface area contributed by atoms with Crippen LogP contribution in [-0.4, -0.2) is 6.04 Å². The first-order chi connectivity index (χ1) is 9.76. The molecule has 5 aliphatic carbocycles. The summed E-state index contributed by atoms with van der Waals surface area (Å²) in [7, 11) is 0. The van der Waals surface area contributed by atoms with E-state index in [1.54, 1.807) is 6.42 Å². The van der Waals surface area contributed by atoms with E-state index in [2.05, 4.69) is 6.92 Å². The third-order valence-electron chi connectivity index (χ3n) is 7.73. The van der Waals surface area contributed by atoms with Gasteiger partial charge >= 0.3 is 0 Å². The molecule has 3 unspecified atom stereocenters. The van der Waals surface area contributed by atoms with Crippen molar-refractivity contribution in [3.05, 3.63) is 0 Å². The van der Waals surface area contributed by atoms with Crippen molar-refractivity contribution < 1.29 is 0 Å². The van der Waals surface area contributed by atoms with E-state index >= 15 is 0 Å². The molecule has 2 N–H and O–H groups in total. The summed E-state index contributed by atoms with van der Waals surface area (Å²) in [5.41, 5.74) is 6.94. The summed E-state index contributed by atoms with van der Waals surface area (Å²) >= 11 is 0. The number of hydrogen-bond acceptors (Lipinski definition) is 1. The van der Waals surface area contributed by atoms with Crippen molar-refractivity contribution in [3.63, 3.8) is 0 Å². The molecule has 0 radical (unpaired) electrons. The smallest absolute Gasteiger partial charge is 0.0104 e. The molecule has 0 aliphatic heterocycles. The number of hydrogen-bond donors (Lipinski definition) is 1. The molecule has 5 rings (SSSR count). The average molecular weight is 275 g/mol. The van der Waals surface area contributed by atoms with Gasteiger partial charge in [-0.2, -0.15) is 0 Å². The molecule has 0 saturated heterocycles. The molecule has 4 bridgehead atoms. The van der Waals surface area contributed by atoms with Crippen LogP contribution in [0.25, 0.3) is 0 Å². The fraction of sp³-hybridized carbons (Fsp3) is 1.00. The van der Waals surface area contributed by atoms with E-state index in [4.69, 9.17) is 5.73 Å². The van der Waals surface area contributed by atoms with Gasteiger partial charge in [-0.3, -0.25) is 0 Å². The highest BCUT2D eigenvalue weighted by atomic mass is 14.7. The first-order valence-corrected chi connectivity index (χ1v) is 9.51.